The number of amides is 2. The van der Waals surface area contributed by atoms with Crippen LogP contribution in [0.15, 0.2) is 60.7 Å². The van der Waals surface area contributed by atoms with Crippen LogP contribution in [0.3, 0.4) is 0 Å². The van der Waals surface area contributed by atoms with Gasteiger partial charge in [0, 0.05) is 31.3 Å². The van der Waals surface area contributed by atoms with Gasteiger partial charge in [0.15, 0.2) is 0 Å². The van der Waals surface area contributed by atoms with Gasteiger partial charge in [-0.25, -0.2) is 0 Å². The lowest BCUT2D eigenvalue weighted by molar-refractivity contribution is -0.132. The molecule has 1 aliphatic heterocycles. The van der Waals surface area contributed by atoms with Crippen LogP contribution in [0.1, 0.15) is 17.5 Å². The zero-order valence-corrected chi connectivity index (χ0v) is 14.2. The van der Waals surface area contributed by atoms with Crippen molar-refractivity contribution in [1.82, 2.24) is 10.2 Å². The molecule has 0 saturated carbocycles. The fraction of sp³-hybridized carbons (Fsp3) is 0.263. The first kappa shape index (κ1) is 16.6. The zero-order valence-electron chi connectivity index (χ0n) is 13.4. The van der Waals surface area contributed by atoms with Crippen molar-refractivity contribution < 1.29 is 9.59 Å². The van der Waals surface area contributed by atoms with Gasteiger partial charge in [0.1, 0.15) is 0 Å². The van der Waals surface area contributed by atoms with E-state index in [9.17, 15) is 9.59 Å². The lowest BCUT2D eigenvalue weighted by atomic mass is 10.1. The highest BCUT2D eigenvalue weighted by Crippen LogP contribution is 2.22. The highest BCUT2D eigenvalue weighted by Gasteiger charge is 2.27. The van der Waals surface area contributed by atoms with Gasteiger partial charge >= 0.3 is 0 Å². The molecule has 3 rings (SSSR count). The summed E-state index contributed by atoms with van der Waals surface area (Å²) in [5.74, 6) is 0.0803. The maximum Gasteiger partial charge on any atom is 0.279 e. The number of hydrogen-bond acceptors (Lipinski definition) is 3. The first-order valence-electron chi connectivity index (χ1n) is 8.01. The third-order valence-electron chi connectivity index (χ3n) is 3.94. The molecule has 24 heavy (non-hydrogen) atoms. The van der Waals surface area contributed by atoms with Gasteiger partial charge in [-0.1, -0.05) is 72.4 Å². The van der Waals surface area contributed by atoms with E-state index >= 15 is 0 Å². The summed E-state index contributed by atoms with van der Waals surface area (Å²) in [4.78, 5) is 26.0. The number of nitrogens with zero attached hydrogens (tertiary/aromatic N) is 1. The van der Waals surface area contributed by atoms with Crippen LogP contribution < -0.4 is 5.32 Å². The molecule has 0 aromatic heterocycles. The summed E-state index contributed by atoms with van der Waals surface area (Å²) in [6.07, 6.45) is 0.378. The number of benzene rings is 2. The molecule has 2 amide bonds. The van der Waals surface area contributed by atoms with Crippen molar-refractivity contribution in [3.05, 3.63) is 71.8 Å². The van der Waals surface area contributed by atoms with E-state index in [2.05, 4.69) is 5.32 Å². The number of nitrogens with one attached hydrogen (secondary N) is 1. The monoisotopic (exact) mass is 340 g/mol. The molecule has 1 unspecified atom stereocenters. The van der Waals surface area contributed by atoms with Crippen LogP contribution in [0.5, 0.6) is 0 Å². The molecule has 0 bridgehead atoms. The smallest absolute Gasteiger partial charge is 0.279 e. The van der Waals surface area contributed by atoms with Gasteiger partial charge < -0.3 is 10.2 Å². The van der Waals surface area contributed by atoms with Gasteiger partial charge in [0.05, 0.1) is 0 Å². The average molecular weight is 340 g/mol. The van der Waals surface area contributed by atoms with E-state index in [1.165, 1.54) is 11.8 Å². The Balaban J connectivity index is 1.70. The predicted molar refractivity (Wildman–Crippen MR) is 96.5 cm³/mol. The molecule has 0 radical (unpaired) electrons. The van der Waals surface area contributed by atoms with Crippen LogP contribution in [0.2, 0.25) is 0 Å². The Hall–Kier alpha value is -2.27. The minimum absolute atomic E-state index is 0.0269. The molecule has 2 aromatic rings. The van der Waals surface area contributed by atoms with E-state index in [4.69, 9.17) is 0 Å². The van der Waals surface area contributed by atoms with Crippen LogP contribution in [-0.4, -0.2) is 27.8 Å². The summed E-state index contributed by atoms with van der Waals surface area (Å²) in [6.45, 7) is 1.72. The van der Waals surface area contributed by atoms with Crippen LogP contribution in [0, 0.1) is 0 Å². The lowest BCUT2D eigenvalue weighted by Gasteiger charge is -2.24. The van der Waals surface area contributed by atoms with Crippen molar-refractivity contribution in [1.29, 1.82) is 0 Å². The van der Waals surface area contributed by atoms with Crippen molar-refractivity contribution >= 4 is 22.9 Å². The Morgan fingerprint density at radius 3 is 2.00 bits per heavy atom. The molecule has 2 aromatic carbocycles. The fourth-order valence-electron chi connectivity index (χ4n) is 2.71. The van der Waals surface area contributed by atoms with E-state index in [0.717, 1.165) is 11.1 Å². The van der Waals surface area contributed by atoms with Crippen molar-refractivity contribution in [3.63, 3.8) is 0 Å². The van der Waals surface area contributed by atoms with Crippen LogP contribution >= 0.6 is 11.8 Å². The Morgan fingerprint density at radius 1 is 1.00 bits per heavy atom. The Kier molecular flexibility index (Phi) is 5.54. The molecular formula is C19H20N2O2S. The molecular weight excluding hydrogens is 320 g/mol. The van der Waals surface area contributed by atoms with Gasteiger partial charge in [0.25, 0.3) is 5.24 Å². The Labute approximate surface area is 146 Å². The number of carbonyl (C=O) groups excluding carboxylic acids is 2. The van der Waals surface area contributed by atoms with Gasteiger partial charge in [-0.3, -0.25) is 9.59 Å². The van der Waals surface area contributed by atoms with E-state index in [1.807, 2.05) is 65.6 Å². The topological polar surface area (TPSA) is 49.4 Å². The first-order chi connectivity index (χ1) is 11.7. The van der Waals surface area contributed by atoms with Crippen LogP contribution in [-0.2, 0) is 17.9 Å². The summed E-state index contributed by atoms with van der Waals surface area (Å²) < 4.78 is 0. The van der Waals surface area contributed by atoms with Crippen LogP contribution in [0.4, 0.5) is 4.79 Å². The second-order valence-corrected chi connectivity index (χ2v) is 7.11. The van der Waals surface area contributed by atoms with Gasteiger partial charge in [-0.2, -0.15) is 0 Å². The van der Waals surface area contributed by atoms with Crippen molar-refractivity contribution in [3.8, 4) is 0 Å². The quantitative estimate of drug-likeness (QED) is 0.876. The normalized spacial score (nSPS) is 16.7. The number of carbonyl (C=O) groups is 2. The van der Waals surface area contributed by atoms with E-state index < -0.39 is 0 Å². The second kappa shape index (κ2) is 8.02. The molecule has 5 heteroatoms. The maximum atomic E-state index is 12.8. The zero-order chi connectivity index (χ0) is 16.8. The summed E-state index contributed by atoms with van der Waals surface area (Å²) in [7, 11) is 0. The highest BCUT2D eigenvalue weighted by atomic mass is 32.2. The Morgan fingerprint density at radius 2 is 1.54 bits per heavy atom. The summed E-state index contributed by atoms with van der Waals surface area (Å²) in [5.41, 5.74) is 2.21. The van der Waals surface area contributed by atoms with E-state index in [0.29, 0.717) is 26.1 Å². The molecule has 1 atom stereocenters. The maximum absolute atomic E-state index is 12.8. The number of hydrogen-bond donors (Lipinski definition) is 1. The number of rotatable bonds is 6. The third kappa shape index (κ3) is 4.61. The summed E-state index contributed by atoms with van der Waals surface area (Å²) in [6, 6.07) is 20.0. The molecule has 1 fully saturated rings. The summed E-state index contributed by atoms with van der Waals surface area (Å²) >= 11 is 1.23. The second-order valence-electron chi connectivity index (χ2n) is 5.83. The third-order valence-corrected chi connectivity index (χ3v) is 4.96. The highest BCUT2D eigenvalue weighted by molar-refractivity contribution is 8.14. The number of thioether (sulfide) groups is 1. The molecule has 1 N–H and O–H groups in total. The molecule has 4 nitrogen and oxygen atoms in total. The van der Waals surface area contributed by atoms with Crippen molar-refractivity contribution in [2.45, 2.75) is 24.8 Å². The van der Waals surface area contributed by atoms with Crippen molar-refractivity contribution in [2.24, 2.45) is 0 Å². The molecule has 1 heterocycles. The first-order valence-corrected chi connectivity index (χ1v) is 8.89. The van der Waals surface area contributed by atoms with Gasteiger partial charge in [0.2, 0.25) is 5.91 Å². The molecule has 0 aliphatic carbocycles. The molecule has 0 spiro atoms. The van der Waals surface area contributed by atoms with Crippen LogP contribution in [0.25, 0.3) is 0 Å². The van der Waals surface area contributed by atoms with Crippen molar-refractivity contribution in [2.75, 3.05) is 6.54 Å². The SMILES string of the molecule is O=C1NCC(CC(=O)N(Cc2ccccc2)Cc2ccccc2)S1. The average Bonchev–Trinajstić information content (AvgIpc) is 3.01. The van der Waals surface area contributed by atoms with E-state index in [1.54, 1.807) is 0 Å². The Bertz CT molecular complexity index is 650. The minimum atomic E-state index is -0.0366. The largest absolute Gasteiger partial charge is 0.346 e. The fourth-order valence-corrected chi connectivity index (χ4v) is 3.57. The predicted octanol–water partition coefficient (Wildman–Crippen LogP) is 3.43. The van der Waals surface area contributed by atoms with Gasteiger partial charge in [-0.15, -0.1) is 0 Å². The lowest BCUT2D eigenvalue weighted by Crippen LogP contribution is -2.32. The van der Waals surface area contributed by atoms with E-state index in [-0.39, 0.29) is 16.4 Å². The standard InChI is InChI=1S/C19H20N2O2S/c22-18(11-17-12-20-19(23)24-17)21(13-15-7-3-1-4-8-15)14-16-9-5-2-6-10-16/h1-10,17H,11-14H2,(H,20,23). The molecule has 124 valence electrons. The minimum Gasteiger partial charge on any atom is -0.346 e. The molecule has 1 saturated heterocycles. The van der Waals surface area contributed by atoms with Gasteiger partial charge in [-0.05, 0) is 11.1 Å². The summed E-state index contributed by atoms with van der Waals surface area (Å²) in [5, 5.41) is 2.76. The molecule has 1 aliphatic rings.